The fourth-order valence-corrected chi connectivity index (χ4v) is 3.41. The van der Waals surface area contributed by atoms with E-state index in [0.717, 1.165) is 50.9 Å². The Morgan fingerprint density at radius 2 is 2.15 bits per heavy atom. The summed E-state index contributed by atoms with van der Waals surface area (Å²) in [6.07, 6.45) is 4.40. The van der Waals surface area contributed by atoms with Gasteiger partial charge in [0.15, 0.2) is 0 Å². The van der Waals surface area contributed by atoms with Crippen LogP contribution >= 0.6 is 15.9 Å². The van der Waals surface area contributed by atoms with Crippen LogP contribution in [0.1, 0.15) is 38.2 Å². The maximum atomic E-state index is 13.3. The molecule has 1 heterocycles. The van der Waals surface area contributed by atoms with Gasteiger partial charge in [0.25, 0.3) is 0 Å². The van der Waals surface area contributed by atoms with E-state index in [1.54, 1.807) is 12.1 Å². The van der Waals surface area contributed by atoms with Gasteiger partial charge < -0.3 is 10.0 Å². The summed E-state index contributed by atoms with van der Waals surface area (Å²) in [7, 11) is 0. The van der Waals surface area contributed by atoms with Gasteiger partial charge in [-0.3, -0.25) is 0 Å². The molecule has 112 valence electrons. The van der Waals surface area contributed by atoms with E-state index in [0.29, 0.717) is 10.9 Å². The van der Waals surface area contributed by atoms with Crippen LogP contribution in [-0.4, -0.2) is 35.2 Å². The molecular formula is C16H23BrFNO. The number of rotatable bonds is 4. The standard InChI is InChI=1S/C16H23BrFNO/c1-2-8-19-9-3-6-16(20,7-10-19)12-13-4-5-15(18)14(17)11-13/h4-5,11,20H,2-3,6-10,12H2,1H3. The Labute approximate surface area is 129 Å². The van der Waals surface area contributed by atoms with Crippen molar-refractivity contribution in [1.29, 1.82) is 0 Å². The maximum Gasteiger partial charge on any atom is 0.137 e. The Bertz CT molecular complexity index is 454. The molecule has 4 heteroatoms. The van der Waals surface area contributed by atoms with Crippen LogP contribution in [0.4, 0.5) is 4.39 Å². The van der Waals surface area contributed by atoms with Crippen molar-refractivity contribution in [3.05, 3.63) is 34.1 Å². The van der Waals surface area contributed by atoms with E-state index >= 15 is 0 Å². The van der Waals surface area contributed by atoms with Crippen LogP contribution in [0.2, 0.25) is 0 Å². The van der Waals surface area contributed by atoms with Gasteiger partial charge in [-0.15, -0.1) is 0 Å². The highest BCUT2D eigenvalue weighted by atomic mass is 79.9. The van der Waals surface area contributed by atoms with Crippen LogP contribution in [-0.2, 0) is 6.42 Å². The van der Waals surface area contributed by atoms with E-state index in [2.05, 4.69) is 27.8 Å². The van der Waals surface area contributed by atoms with Gasteiger partial charge in [0.05, 0.1) is 10.1 Å². The van der Waals surface area contributed by atoms with Crippen molar-refractivity contribution < 1.29 is 9.50 Å². The quantitative estimate of drug-likeness (QED) is 0.899. The third kappa shape index (κ3) is 4.27. The molecule has 1 unspecified atom stereocenters. The van der Waals surface area contributed by atoms with Crippen molar-refractivity contribution in [2.45, 2.75) is 44.6 Å². The monoisotopic (exact) mass is 343 g/mol. The topological polar surface area (TPSA) is 23.5 Å². The Balaban J connectivity index is 2.01. The van der Waals surface area contributed by atoms with Crippen LogP contribution in [0.15, 0.2) is 22.7 Å². The third-order valence-corrected chi connectivity index (χ3v) is 4.67. The number of hydrogen-bond donors (Lipinski definition) is 1. The lowest BCUT2D eigenvalue weighted by molar-refractivity contribution is 0.0257. The van der Waals surface area contributed by atoms with Crippen molar-refractivity contribution in [3.8, 4) is 0 Å². The van der Waals surface area contributed by atoms with Crippen molar-refractivity contribution >= 4 is 15.9 Å². The number of likely N-dealkylation sites (tertiary alicyclic amines) is 1. The van der Waals surface area contributed by atoms with Gasteiger partial charge >= 0.3 is 0 Å². The fourth-order valence-electron chi connectivity index (χ4n) is 2.98. The minimum absolute atomic E-state index is 0.254. The first-order valence-electron chi connectivity index (χ1n) is 7.41. The molecule has 0 amide bonds. The SMILES string of the molecule is CCCN1CCCC(O)(Cc2ccc(F)c(Br)c2)CC1. The molecule has 2 rings (SSSR count). The van der Waals surface area contributed by atoms with Crippen molar-refractivity contribution in [3.63, 3.8) is 0 Å². The number of aliphatic hydroxyl groups is 1. The molecule has 1 aliphatic rings. The Morgan fingerprint density at radius 1 is 1.35 bits per heavy atom. The summed E-state index contributed by atoms with van der Waals surface area (Å²) >= 11 is 3.21. The van der Waals surface area contributed by atoms with E-state index in [4.69, 9.17) is 0 Å². The first kappa shape index (κ1) is 15.9. The van der Waals surface area contributed by atoms with E-state index in [9.17, 15) is 9.50 Å². The Morgan fingerprint density at radius 3 is 2.85 bits per heavy atom. The lowest BCUT2D eigenvalue weighted by Gasteiger charge is -2.27. The Kier molecular flexibility index (Phi) is 5.58. The van der Waals surface area contributed by atoms with Gasteiger partial charge in [-0.05, 0) is 72.4 Å². The lowest BCUT2D eigenvalue weighted by atomic mass is 9.88. The van der Waals surface area contributed by atoms with Gasteiger partial charge in [-0.2, -0.15) is 0 Å². The van der Waals surface area contributed by atoms with E-state index in [-0.39, 0.29) is 5.82 Å². The normalized spacial score (nSPS) is 24.6. The fraction of sp³-hybridized carbons (Fsp3) is 0.625. The summed E-state index contributed by atoms with van der Waals surface area (Å²) in [6, 6.07) is 5.01. The second kappa shape index (κ2) is 7.01. The second-order valence-electron chi connectivity index (χ2n) is 5.84. The molecule has 0 radical (unpaired) electrons. The number of hydrogen-bond acceptors (Lipinski definition) is 2. The molecule has 1 fully saturated rings. The largest absolute Gasteiger partial charge is 0.389 e. The molecule has 1 aliphatic heterocycles. The predicted octanol–water partition coefficient (Wildman–Crippen LogP) is 3.76. The zero-order valence-electron chi connectivity index (χ0n) is 12.0. The van der Waals surface area contributed by atoms with Crippen molar-refractivity contribution in [2.24, 2.45) is 0 Å². The minimum atomic E-state index is -0.653. The zero-order valence-corrected chi connectivity index (χ0v) is 13.6. The molecule has 0 saturated carbocycles. The van der Waals surface area contributed by atoms with Gasteiger partial charge in [-0.1, -0.05) is 13.0 Å². The first-order valence-corrected chi connectivity index (χ1v) is 8.20. The lowest BCUT2D eigenvalue weighted by Crippen LogP contribution is -2.33. The summed E-state index contributed by atoms with van der Waals surface area (Å²) in [6.45, 7) is 5.32. The molecule has 0 spiro atoms. The molecule has 0 aliphatic carbocycles. The minimum Gasteiger partial charge on any atom is -0.389 e. The van der Waals surface area contributed by atoms with Gasteiger partial charge in [0, 0.05) is 13.0 Å². The van der Waals surface area contributed by atoms with Gasteiger partial charge in [0.1, 0.15) is 5.82 Å². The van der Waals surface area contributed by atoms with Crippen LogP contribution in [0.5, 0.6) is 0 Å². The van der Waals surface area contributed by atoms with Crippen molar-refractivity contribution in [2.75, 3.05) is 19.6 Å². The van der Waals surface area contributed by atoms with Crippen LogP contribution < -0.4 is 0 Å². The van der Waals surface area contributed by atoms with Crippen molar-refractivity contribution in [1.82, 2.24) is 4.90 Å². The summed E-state index contributed by atoms with van der Waals surface area (Å²) in [5, 5.41) is 10.8. The molecule has 1 aromatic carbocycles. The first-order chi connectivity index (χ1) is 9.52. The molecule has 1 N–H and O–H groups in total. The van der Waals surface area contributed by atoms with Gasteiger partial charge in [-0.25, -0.2) is 4.39 Å². The number of nitrogens with zero attached hydrogens (tertiary/aromatic N) is 1. The second-order valence-corrected chi connectivity index (χ2v) is 6.70. The van der Waals surface area contributed by atoms with Crippen LogP contribution in [0, 0.1) is 5.82 Å². The van der Waals surface area contributed by atoms with E-state index in [1.165, 1.54) is 6.07 Å². The molecule has 0 bridgehead atoms. The highest BCUT2D eigenvalue weighted by Gasteiger charge is 2.30. The van der Waals surface area contributed by atoms with Crippen LogP contribution in [0.25, 0.3) is 0 Å². The smallest absolute Gasteiger partial charge is 0.137 e. The average Bonchev–Trinajstić information content (AvgIpc) is 2.57. The zero-order chi connectivity index (χ0) is 14.6. The molecule has 2 nitrogen and oxygen atoms in total. The molecule has 1 saturated heterocycles. The summed E-state index contributed by atoms with van der Waals surface area (Å²) in [5.41, 5.74) is 0.337. The summed E-state index contributed by atoms with van der Waals surface area (Å²) in [5.74, 6) is -0.254. The number of benzene rings is 1. The molecule has 0 aromatic heterocycles. The van der Waals surface area contributed by atoms with Crippen LogP contribution in [0.3, 0.4) is 0 Å². The summed E-state index contributed by atoms with van der Waals surface area (Å²) < 4.78 is 13.7. The molecule has 20 heavy (non-hydrogen) atoms. The highest BCUT2D eigenvalue weighted by molar-refractivity contribution is 9.10. The van der Waals surface area contributed by atoms with E-state index < -0.39 is 5.60 Å². The highest BCUT2D eigenvalue weighted by Crippen LogP contribution is 2.28. The van der Waals surface area contributed by atoms with E-state index in [1.807, 2.05) is 0 Å². The van der Waals surface area contributed by atoms with Gasteiger partial charge in [0.2, 0.25) is 0 Å². The molecule has 1 atom stereocenters. The predicted molar refractivity (Wildman–Crippen MR) is 83.3 cm³/mol. The third-order valence-electron chi connectivity index (χ3n) is 4.07. The summed E-state index contributed by atoms with van der Waals surface area (Å²) in [4.78, 5) is 2.43. The molecular weight excluding hydrogens is 321 g/mol. The average molecular weight is 344 g/mol. The number of halogens is 2. The maximum absolute atomic E-state index is 13.3. The Hall–Kier alpha value is -0.450. The molecule has 1 aromatic rings.